The van der Waals surface area contributed by atoms with E-state index in [0.717, 1.165) is 12.8 Å². The monoisotopic (exact) mass is 252 g/mol. The fraction of sp³-hybridized carbons (Fsp3) is 0.462. The summed E-state index contributed by atoms with van der Waals surface area (Å²) >= 11 is 0. The number of carbonyl (C=O) groups excluding carboxylic acids is 1. The number of nitrogens with one attached hydrogen (secondary N) is 1. The van der Waals surface area contributed by atoms with E-state index in [1.165, 1.54) is 26.0 Å². The molecular weight excluding hydrogens is 235 g/mol. The minimum atomic E-state index is -0.752. The number of halogens is 1. The highest BCUT2D eigenvalue weighted by Crippen LogP contribution is 2.26. The van der Waals surface area contributed by atoms with Gasteiger partial charge in [0, 0.05) is 11.7 Å². The van der Waals surface area contributed by atoms with E-state index >= 15 is 0 Å². The van der Waals surface area contributed by atoms with Gasteiger partial charge in [0.05, 0.1) is 12.8 Å². The first kappa shape index (κ1) is 12.7. The summed E-state index contributed by atoms with van der Waals surface area (Å²) in [6.45, 7) is 0. The summed E-state index contributed by atoms with van der Waals surface area (Å²) in [6.07, 6.45) is 4.55. The molecule has 0 amide bonds. The zero-order valence-corrected chi connectivity index (χ0v) is 10.3. The lowest BCUT2D eigenvalue weighted by molar-refractivity contribution is 0.0597. The Morgan fingerprint density at radius 2 is 2.11 bits per heavy atom. The zero-order chi connectivity index (χ0) is 13.1. The summed E-state index contributed by atoms with van der Waals surface area (Å²) in [5.74, 6) is -1.40. The van der Waals surface area contributed by atoms with Gasteiger partial charge in [0.25, 0.3) is 0 Å². The fourth-order valence-electron chi connectivity index (χ4n) is 2.33. The van der Waals surface area contributed by atoms with Crippen LogP contribution in [0.4, 0.5) is 15.8 Å². The molecule has 0 saturated heterocycles. The number of nitrogen functional groups attached to an aromatic ring is 1. The smallest absolute Gasteiger partial charge is 0.342 e. The quantitative estimate of drug-likeness (QED) is 0.641. The lowest BCUT2D eigenvalue weighted by atomic mass is 10.1. The second kappa shape index (κ2) is 5.25. The molecule has 5 heteroatoms. The van der Waals surface area contributed by atoms with Crippen LogP contribution < -0.4 is 11.1 Å². The van der Waals surface area contributed by atoms with Gasteiger partial charge in [-0.3, -0.25) is 0 Å². The Morgan fingerprint density at radius 1 is 1.44 bits per heavy atom. The van der Waals surface area contributed by atoms with E-state index in [1.807, 2.05) is 0 Å². The first-order valence-electron chi connectivity index (χ1n) is 6.05. The number of carbonyl (C=O) groups is 1. The Morgan fingerprint density at radius 3 is 2.67 bits per heavy atom. The molecule has 0 heterocycles. The lowest BCUT2D eigenvalue weighted by Gasteiger charge is -2.15. The van der Waals surface area contributed by atoms with E-state index in [0.29, 0.717) is 11.7 Å². The number of rotatable bonds is 3. The van der Waals surface area contributed by atoms with Crippen molar-refractivity contribution in [2.75, 3.05) is 18.2 Å². The summed E-state index contributed by atoms with van der Waals surface area (Å²) in [4.78, 5) is 11.3. The summed E-state index contributed by atoms with van der Waals surface area (Å²) in [7, 11) is 1.20. The summed E-state index contributed by atoms with van der Waals surface area (Å²) in [6, 6.07) is 3.24. The van der Waals surface area contributed by atoms with E-state index in [1.54, 1.807) is 6.07 Å². The van der Waals surface area contributed by atoms with Crippen LogP contribution in [0.15, 0.2) is 12.1 Å². The second-order valence-electron chi connectivity index (χ2n) is 4.54. The molecule has 0 aliphatic heterocycles. The SMILES string of the molecule is COC(=O)c1c(N)cc(NC2CCCC2)cc1F. The number of hydrogen-bond donors (Lipinski definition) is 2. The first-order chi connectivity index (χ1) is 8.61. The minimum absolute atomic E-state index is 0.0994. The van der Waals surface area contributed by atoms with Crippen molar-refractivity contribution in [2.24, 2.45) is 0 Å². The molecule has 1 aliphatic rings. The van der Waals surface area contributed by atoms with E-state index in [-0.39, 0.29) is 11.3 Å². The topological polar surface area (TPSA) is 64.3 Å². The molecule has 0 unspecified atom stereocenters. The Balaban J connectivity index is 2.21. The van der Waals surface area contributed by atoms with Gasteiger partial charge in [0.15, 0.2) is 0 Å². The van der Waals surface area contributed by atoms with Gasteiger partial charge in [-0.1, -0.05) is 12.8 Å². The third-order valence-electron chi connectivity index (χ3n) is 3.24. The molecular formula is C13H17FN2O2. The van der Waals surface area contributed by atoms with Crippen molar-refractivity contribution in [3.8, 4) is 0 Å². The van der Waals surface area contributed by atoms with Crippen molar-refractivity contribution in [1.29, 1.82) is 0 Å². The van der Waals surface area contributed by atoms with Crippen LogP contribution in [0.5, 0.6) is 0 Å². The van der Waals surface area contributed by atoms with Crippen LogP contribution in [-0.2, 0) is 4.74 Å². The van der Waals surface area contributed by atoms with Crippen LogP contribution in [0.3, 0.4) is 0 Å². The van der Waals surface area contributed by atoms with Crippen molar-refractivity contribution >= 4 is 17.3 Å². The highest BCUT2D eigenvalue weighted by molar-refractivity contribution is 5.96. The maximum absolute atomic E-state index is 13.8. The average molecular weight is 252 g/mol. The van der Waals surface area contributed by atoms with E-state index in [9.17, 15) is 9.18 Å². The number of methoxy groups -OCH3 is 1. The number of esters is 1. The van der Waals surface area contributed by atoms with Crippen molar-refractivity contribution in [3.05, 3.63) is 23.5 Å². The van der Waals surface area contributed by atoms with E-state index < -0.39 is 11.8 Å². The molecule has 1 saturated carbocycles. The maximum Gasteiger partial charge on any atom is 0.342 e. The van der Waals surface area contributed by atoms with Gasteiger partial charge in [0.2, 0.25) is 0 Å². The fourth-order valence-corrected chi connectivity index (χ4v) is 2.33. The van der Waals surface area contributed by atoms with Gasteiger partial charge >= 0.3 is 5.97 Å². The normalized spacial score (nSPS) is 15.7. The molecule has 0 atom stereocenters. The average Bonchev–Trinajstić information content (AvgIpc) is 2.80. The van der Waals surface area contributed by atoms with Crippen molar-refractivity contribution in [1.82, 2.24) is 0 Å². The molecule has 2 rings (SSSR count). The molecule has 98 valence electrons. The number of nitrogens with two attached hydrogens (primary N) is 1. The number of ether oxygens (including phenoxy) is 1. The van der Waals surface area contributed by atoms with Crippen LogP contribution >= 0.6 is 0 Å². The van der Waals surface area contributed by atoms with Gasteiger partial charge in [-0.05, 0) is 25.0 Å². The highest BCUT2D eigenvalue weighted by Gasteiger charge is 2.19. The van der Waals surface area contributed by atoms with Crippen LogP contribution in [0.2, 0.25) is 0 Å². The molecule has 1 fully saturated rings. The molecule has 0 spiro atoms. The van der Waals surface area contributed by atoms with Gasteiger partial charge in [0.1, 0.15) is 11.4 Å². The molecule has 0 aromatic heterocycles. The van der Waals surface area contributed by atoms with Crippen LogP contribution in [-0.4, -0.2) is 19.1 Å². The Kier molecular flexibility index (Phi) is 3.69. The van der Waals surface area contributed by atoms with Crippen LogP contribution in [0.25, 0.3) is 0 Å². The molecule has 0 radical (unpaired) electrons. The van der Waals surface area contributed by atoms with Gasteiger partial charge in [-0.25, -0.2) is 9.18 Å². The molecule has 1 aromatic carbocycles. The number of hydrogen-bond acceptors (Lipinski definition) is 4. The molecule has 3 N–H and O–H groups in total. The molecule has 1 aliphatic carbocycles. The molecule has 0 bridgehead atoms. The zero-order valence-electron chi connectivity index (χ0n) is 10.3. The first-order valence-corrected chi connectivity index (χ1v) is 6.05. The molecule has 4 nitrogen and oxygen atoms in total. The second-order valence-corrected chi connectivity index (χ2v) is 4.54. The van der Waals surface area contributed by atoms with Crippen molar-refractivity contribution < 1.29 is 13.9 Å². The third-order valence-corrected chi connectivity index (χ3v) is 3.24. The van der Waals surface area contributed by atoms with Crippen LogP contribution in [0, 0.1) is 5.82 Å². The molecule has 18 heavy (non-hydrogen) atoms. The Bertz CT molecular complexity index is 433. The van der Waals surface area contributed by atoms with Crippen molar-refractivity contribution in [3.63, 3.8) is 0 Å². The number of anilines is 2. The standard InChI is InChI=1S/C13H17FN2O2/c1-18-13(17)12-10(14)6-9(7-11(12)15)16-8-4-2-3-5-8/h6-8,16H,2-5,15H2,1H3. The summed E-state index contributed by atoms with van der Waals surface area (Å²) < 4.78 is 18.3. The van der Waals surface area contributed by atoms with Crippen LogP contribution in [0.1, 0.15) is 36.0 Å². The number of benzene rings is 1. The minimum Gasteiger partial charge on any atom is -0.465 e. The molecule has 1 aromatic rings. The highest BCUT2D eigenvalue weighted by atomic mass is 19.1. The maximum atomic E-state index is 13.8. The Hall–Kier alpha value is -1.78. The summed E-state index contributed by atoms with van der Waals surface area (Å²) in [5, 5.41) is 3.23. The predicted molar refractivity (Wildman–Crippen MR) is 68.0 cm³/mol. The van der Waals surface area contributed by atoms with Gasteiger partial charge in [-0.15, -0.1) is 0 Å². The van der Waals surface area contributed by atoms with Gasteiger partial charge < -0.3 is 15.8 Å². The lowest BCUT2D eigenvalue weighted by Crippen LogP contribution is -2.16. The summed E-state index contributed by atoms with van der Waals surface area (Å²) in [5.41, 5.74) is 6.21. The van der Waals surface area contributed by atoms with E-state index in [4.69, 9.17) is 5.73 Å². The largest absolute Gasteiger partial charge is 0.465 e. The van der Waals surface area contributed by atoms with Crippen molar-refractivity contribution in [2.45, 2.75) is 31.7 Å². The van der Waals surface area contributed by atoms with E-state index in [2.05, 4.69) is 10.1 Å². The third kappa shape index (κ3) is 2.55. The van der Waals surface area contributed by atoms with Gasteiger partial charge in [-0.2, -0.15) is 0 Å². The Labute approximate surface area is 105 Å². The predicted octanol–water partition coefficient (Wildman–Crippen LogP) is 2.55.